The standard InChI is InChI=1S/C14H20BrNO2/c1-3-5-16-14-9-18-6-4-11-12(14)7-10(17-2)8-13(11)15/h7-8,14,16H,3-6,9H2,1-2H3. The molecule has 0 fully saturated rings. The summed E-state index contributed by atoms with van der Waals surface area (Å²) in [4.78, 5) is 0. The van der Waals surface area contributed by atoms with Gasteiger partial charge in [0.25, 0.3) is 0 Å². The molecule has 100 valence electrons. The van der Waals surface area contributed by atoms with Gasteiger partial charge in [0.2, 0.25) is 0 Å². The first-order valence-electron chi connectivity index (χ1n) is 6.43. The summed E-state index contributed by atoms with van der Waals surface area (Å²) >= 11 is 3.64. The van der Waals surface area contributed by atoms with Crippen LogP contribution in [0.3, 0.4) is 0 Å². The third kappa shape index (κ3) is 3.05. The first-order chi connectivity index (χ1) is 8.76. The molecule has 1 unspecified atom stereocenters. The van der Waals surface area contributed by atoms with Crippen LogP contribution in [0.15, 0.2) is 16.6 Å². The third-order valence-electron chi connectivity index (χ3n) is 3.24. The summed E-state index contributed by atoms with van der Waals surface area (Å²) in [6.45, 7) is 4.68. The van der Waals surface area contributed by atoms with Crippen molar-refractivity contribution in [3.63, 3.8) is 0 Å². The molecule has 1 atom stereocenters. The van der Waals surface area contributed by atoms with Gasteiger partial charge in [0, 0.05) is 4.47 Å². The first kappa shape index (κ1) is 13.8. The van der Waals surface area contributed by atoms with Gasteiger partial charge in [-0.25, -0.2) is 0 Å². The van der Waals surface area contributed by atoms with Crippen molar-refractivity contribution >= 4 is 15.9 Å². The number of ether oxygens (including phenoxy) is 2. The van der Waals surface area contributed by atoms with Crippen LogP contribution in [0.2, 0.25) is 0 Å². The second-order valence-electron chi connectivity index (χ2n) is 4.51. The van der Waals surface area contributed by atoms with Crippen molar-refractivity contribution in [2.24, 2.45) is 0 Å². The zero-order valence-electron chi connectivity index (χ0n) is 11.0. The Kier molecular flexibility index (Phi) is 5.03. The molecular formula is C14H20BrNO2. The van der Waals surface area contributed by atoms with Gasteiger partial charge in [-0.3, -0.25) is 0 Å². The molecular weight excluding hydrogens is 294 g/mol. The number of rotatable bonds is 4. The van der Waals surface area contributed by atoms with Crippen LogP contribution in [0.5, 0.6) is 5.75 Å². The van der Waals surface area contributed by atoms with Gasteiger partial charge in [-0.1, -0.05) is 22.9 Å². The van der Waals surface area contributed by atoms with Crippen LogP contribution < -0.4 is 10.1 Å². The van der Waals surface area contributed by atoms with Gasteiger partial charge in [0.15, 0.2) is 0 Å². The van der Waals surface area contributed by atoms with Gasteiger partial charge in [-0.2, -0.15) is 0 Å². The fourth-order valence-electron chi connectivity index (χ4n) is 2.28. The molecule has 1 N–H and O–H groups in total. The Balaban J connectivity index is 2.35. The van der Waals surface area contributed by atoms with E-state index in [2.05, 4.69) is 34.2 Å². The van der Waals surface area contributed by atoms with E-state index < -0.39 is 0 Å². The number of benzene rings is 1. The van der Waals surface area contributed by atoms with E-state index in [1.54, 1.807) is 7.11 Å². The van der Waals surface area contributed by atoms with Crippen molar-refractivity contribution in [3.05, 3.63) is 27.7 Å². The van der Waals surface area contributed by atoms with E-state index in [1.807, 2.05) is 6.07 Å². The Morgan fingerprint density at radius 3 is 3.06 bits per heavy atom. The Bertz CT molecular complexity index is 409. The quantitative estimate of drug-likeness (QED) is 0.926. The van der Waals surface area contributed by atoms with E-state index in [0.29, 0.717) is 0 Å². The second kappa shape index (κ2) is 6.55. The van der Waals surface area contributed by atoms with Crippen LogP contribution in [-0.4, -0.2) is 26.9 Å². The number of hydrogen-bond donors (Lipinski definition) is 1. The molecule has 0 saturated carbocycles. The number of nitrogens with one attached hydrogen (secondary N) is 1. The summed E-state index contributed by atoms with van der Waals surface area (Å²) in [6.07, 6.45) is 2.07. The van der Waals surface area contributed by atoms with Gasteiger partial charge in [0.05, 0.1) is 26.4 Å². The molecule has 0 aromatic heterocycles. The fraction of sp³-hybridized carbons (Fsp3) is 0.571. The van der Waals surface area contributed by atoms with Crippen molar-refractivity contribution in [1.82, 2.24) is 5.32 Å². The number of halogens is 1. The fourth-order valence-corrected chi connectivity index (χ4v) is 2.93. The maximum Gasteiger partial charge on any atom is 0.120 e. The summed E-state index contributed by atoms with van der Waals surface area (Å²) in [5.41, 5.74) is 2.63. The minimum Gasteiger partial charge on any atom is -0.497 e. The summed E-state index contributed by atoms with van der Waals surface area (Å²) < 4.78 is 12.2. The summed E-state index contributed by atoms with van der Waals surface area (Å²) in [6, 6.07) is 4.41. The molecule has 1 aliphatic heterocycles. The van der Waals surface area contributed by atoms with E-state index in [0.717, 1.165) is 42.8 Å². The Morgan fingerprint density at radius 1 is 1.50 bits per heavy atom. The SMILES string of the molecule is CCCNC1COCCc2c(Br)cc(OC)cc21. The molecule has 2 rings (SSSR count). The average molecular weight is 314 g/mol. The zero-order chi connectivity index (χ0) is 13.0. The van der Waals surface area contributed by atoms with Crippen LogP contribution in [0.4, 0.5) is 0 Å². The van der Waals surface area contributed by atoms with Crippen molar-refractivity contribution < 1.29 is 9.47 Å². The molecule has 0 amide bonds. The normalized spacial score (nSPS) is 19.2. The van der Waals surface area contributed by atoms with E-state index in [1.165, 1.54) is 11.1 Å². The van der Waals surface area contributed by atoms with Crippen molar-refractivity contribution in [1.29, 1.82) is 0 Å². The molecule has 0 aliphatic carbocycles. The van der Waals surface area contributed by atoms with Crippen LogP contribution >= 0.6 is 15.9 Å². The smallest absolute Gasteiger partial charge is 0.120 e. The molecule has 1 aromatic carbocycles. The predicted molar refractivity (Wildman–Crippen MR) is 76.3 cm³/mol. The minimum absolute atomic E-state index is 0.258. The first-order valence-corrected chi connectivity index (χ1v) is 7.23. The predicted octanol–water partition coefficient (Wildman–Crippen LogP) is 3.07. The Labute approximate surface area is 117 Å². The Morgan fingerprint density at radius 2 is 2.33 bits per heavy atom. The maximum atomic E-state index is 5.69. The van der Waals surface area contributed by atoms with Gasteiger partial charge in [-0.15, -0.1) is 0 Å². The number of hydrogen-bond acceptors (Lipinski definition) is 3. The molecule has 0 spiro atoms. The van der Waals surface area contributed by atoms with E-state index in [-0.39, 0.29) is 6.04 Å². The highest BCUT2D eigenvalue weighted by Crippen LogP contribution is 2.33. The highest BCUT2D eigenvalue weighted by atomic mass is 79.9. The van der Waals surface area contributed by atoms with E-state index >= 15 is 0 Å². The molecule has 1 heterocycles. The zero-order valence-corrected chi connectivity index (χ0v) is 12.5. The maximum absolute atomic E-state index is 5.69. The number of methoxy groups -OCH3 is 1. The lowest BCUT2D eigenvalue weighted by atomic mass is 9.99. The topological polar surface area (TPSA) is 30.5 Å². The van der Waals surface area contributed by atoms with E-state index in [9.17, 15) is 0 Å². The average Bonchev–Trinajstić information content (AvgIpc) is 2.59. The monoisotopic (exact) mass is 313 g/mol. The van der Waals surface area contributed by atoms with Crippen LogP contribution in [0.1, 0.15) is 30.5 Å². The highest BCUT2D eigenvalue weighted by molar-refractivity contribution is 9.10. The Hall–Kier alpha value is -0.580. The van der Waals surface area contributed by atoms with Crippen LogP contribution in [0, 0.1) is 0 Å². The van der Waals surface area contributed by atoms with Crippen molar-refractivity contribution in [2.45, 2.75) is 25.8 Å². The second-order valence-corrected chi connectivity index (χ2v) is 5.36. The lowest BCUT2D eigenvalue weighted by Gasteiger charge is -2.20. The molecule has 0 radical (unpaired) electrons. The highest BCUT2D eigenvalue weighted by Gasteiger charge is 2.21. The summed E-state index contributed by atoms with van der Waals surface area (Å²) in [5.74, 6) is 0.894. The third-order valence-corrected chi connectivity index (χ3v) is 3.94. The molecule has 1 aliphatic rings. The van der Waals surface area contributed by atoms with Crippen LogP contribution in [0.25, 0.3) is 0 Å². The van der Waals surface area contributed by atoms with Gasteiger partial charge in [-0.05, 0) is 42.6 Å². The number of fused-ring (bicyclic) bond motifs is 1. The molecule has 0 saturated heterocycles. The molecule has 1 aromatic rings. The van der Waals surface area contributed by atoms with Crippen molar-refractivity contribution in [3.8, 4) is 5.75 Å². The van der Waals surface area contributed by atoms with Gasteiger partial charge in [0.1, 0.15) is 5.75 Å². The lowest BCUT2D eigenvalue weighted by Crippen LogP contribution is -2.26. The summed E-state index contributed by atoms with van der Waals surface area (Å²) in [5, 5.41) is 3.54. The molecule has 3 nitrogen and oxygen atoms in total. The lowest BCUT2D eigenvalue weighted by molar-refractivity contribution is 0.121. The van der Waals surface area contributed by atoms with Crippen LogP contribution in [-0.2, 0) is 11.2 Å². The molecule has 0 bridgehead atoms. The van der Waals surface area contributed by atoms with E-state index in [4.69, 9.17) is 9.47 Å². The molecule has 18 heavy (non-hydrogen) atoms. The van der Waals surface area contributed by atoms with Crippen molar-refractivity contribution in [2.75, 3.05) is 26.9 Å². The summed E-state index contributed by atoms with van der Waals surface area (Å²) in [7, 11) is 1.70. The minimum atomic E-state index is 0.258. The largest absolute Gasteiger partial charge is 0.497 e. The van der Waals surface area contributed by atoms with Gasteiger partial charge >= 0.3 is 0 Å². The molecule has 4 heteroatoms. The van der Waals surface area contributed by atoms with Gasteiger partial charge < -0.3 is 14.8 Å².